The van der Waals surface area contributed by atoms with Gasteiger partial charge in [-0.2, -0.15) is 0 Å². The van der Waals surface area contributed by atoms with Crippen molar-refractivity contribution in [1.82, 2.24) is 0 Å². The Morgan fingerprint density at radius 3 is 2.62 bits per heavy atom. The van der Waals surface area contributed by atoms with Crippen molar-refractivity contribution in [1.29, 1.82) is 0 Å². The minimum atomic E-state index is -1.11. The number of methoxy groups -OCH3 is 1. The third kappa shape index (κ3) is 3.35. The lowest BCUT2D eigenvalue weighted by Crippen LogP contribution is -1.98. The Labute approximate surface area is 121 Å². The predicted octanol–water partition coefficient (Wildman–Crippen LogP) is 2.37. The molecule has 0 atom stereocenters. The molecule has 21 heavy (non-hydrogen) atoms. The SMILES string of the molecule is COc1cc(CO)ccc1OCc1cc(C)c(C(=O)O)o1. The zero-order chi connectivity index (χ0) is 15.4. The van der Waals surface area contributed by atoms with Crippen molar-refractivity contribution in [2.75, 3.05) is 7.11 Å². The molecule has 6 nitrogen and oxygen atoms in total. The molecule has 1 heterocycles. The highest BCUT2D eigenvalue weighted by Gasteiger charge is 2.15. The highest BCUT2D eigenvalue weighted by molar-refractivity contribution is 5.86. The molecule has 0 spiro atoms. The molecule has 2 N–H and O–H groups in total. The quantitative estimate of drug-likeness (QED) is 0.849. The van der Waals surface area contributed by atoms with E-state index in [0.29, 0.717) is 28.4 Å². The first-order valence-corrected chi connectivity index (χ1v) is 6.28. The smallest absolute Gasteiger partial charge is 0.372 e. The minimum Gasteiger partial charge on any atom is -0.493 e. The topological polar surface area (TPSA) is 89.1 Å². The van der Waals surface area contributed by atoms with Gasteiger partial charge < -0.3 is 24.1 Å². The zero-order valence-electron chi connectivity index (χ0n) is 11.8. The number of rotatable bonds is 6. The lowest BCUT2D eigenvalue weighted by molar-refractivity contribution is 0.0657. The summed E-state index contributed by atoms with van der Waals surface area (Å²) >= 11 is 0. The Balaban J connectivity index is 2.12. The summed E-state index contributed by atoms with van der Waals surface area (Å²) < 4.78 is 16.0. The van der Waals surface area contributed by atoms with Crippen molar-refractivity contribution in [3.8, 4) is 11.5 Å². The minimum absolute atomic E-state index is 0.0863. The molecule has 2 rings (SSSR count). The number of aryl methyl sites for hydroxylation is 1. The predicted molar refractivity (Wildman–Crippen MR) is 73.7 cm³/mol. The second-order valence-corrected chi connectivity index (χ2v) is 4.46. The number of aromatic carboxylic acids is 1. The number of benzene rings is 1. The number of carboxylic acid groups (broad SMARTS) is 1. The summed E-state index contributed by atoms with van der Waals surface area (Å²) in [5, 5.41) is 18.0. The summed E-state index contributed by atoms with van der Waals surface area (Å²) in [7, 11) is 1.50. The van der Waals surface area contributed by atoms with Crippen LogP contribution < -0.4 is 9.47 Å². The molecule has 6 heteroatoms. The molecule has 0 fully saturated rings. The number of aliphatic hydroxyl groups excluding tert-OH is 1. The van der Waals surface area contributed by atoms with E-state index in [1.807, 2.05) is 0 Å². The number of furan rings is 1. The maximum absolute atomic E-state index is 10.9. The number of carboxylic acids is 1. The van der Waals surface area contributed by atoms with Crippen LogP contribution in [0.15, 0.2) is 28.7 Å². The zero-order valence-corrected chi connectivity index (χ0v) is 11.8. The summed E-state index contributed by atoms with van der Waals surface area (Å²) in [5.41, 5.74) is 1.25. The maximum atomic E-state index is 10.9. The molecule has 0 aliphatic heterocycles. The monoisotopic (exact) mass is 292 g/mol. The summed E-state index contributed by atoms with van der Waals surface area (Å²) in [5.74, 6) is 0.196. The first-order valence-electron chi connectivity index (χ1n) is 6.28. The van der Waals surface area contributed by atoms with Crippen molar-refractivity contribution in [2.24, 2.45) is 0 Å². The van der Waals surface area contributed by atoms with Gasteiger partial charge in [0.1, 0.15) is 12.4 Å². The molecule has 2 aromatic rings. The van der Waals surface area contributed by atoms with E-state index < -0.39 is 5.97 Å². The molecule has 0 radical (unpaired) electrons. The highest BCUT2D eigenvalue weighted by atomic mass is 16.5. The first kappa shape index (κ1) is 14.9. The highest BCUT2D eigenvalue weighted by Crippen LogP contribution is 2.29. The molecular weight excluding hydrogens is 276 g/mol. The molecule has 0 aliphatic carbocycles. The van der Waals surface area contributed by atoms with Crippen LogP contribution in [-0.4, -0.2) is 23.3 Å². The Hall–Kier alpha value is -2.47. The van der Waals surface area contributed by atoms with Crippen molar-refractivity contribution in [2.45, 2.75) is 20.1 Å². The van der Waals surface area contributed by atoms with Crippen LogP contribution in [0.4, 0.5) is 0 Å². The van der Waals surface area contributed by atoms with Crippen molar-refractivity contribution < 1.29 is 28.9 Å². The summed E-state index contributed by atoms with van der Waals surface area (Å²) in [4.78, 5) is 10.9. The number of carbonyl (C=O) groups is 1. The van der Waals surface area contributed by atoms with Crippen LogP contribution in [0.25, 0.3) is 0 Å². The Kier molecular flexibility index (Phi) is 4.49. The molecule has 0 amide bonds. The summed E-state index contributed by atoms with van der Waals surface area (Å²) in [6, 6.07) is 6.69. The Morgan fingerprint density at radius 1 is 1.29 bits per heavy atom. The van der Waals surface area contributed by atoms with E-state index >= 15 is 0 Å². The van der Waals surface area contributed by atoms with E-state index in [2.05, 4.69) is 0 Å². The van der Waals surface area contributed by atoms with E-state index in [4.69, 9.17) is 24.1 Å². The van der Waals surface area contributed by atoms with Crippen LogP contribution in [0.3, 0.4) is 0 Å². The van der Waals surface area contributed by atoms with Gasteiger partial charge in [0.2, 0.25) is 5.76 Å². The lowest BCUT2D eigenvalue weighted by atomic mass is 10.2. The van der Waals surface area contributed by atoms with Crippen LogP contribution in [0.2, 0.25) is 0 Å². The first-order chi connectivity index (χ1) is 10.0. The van der Waals surface area contributed by atoms with Gasteiger partial charge >= 0.3 is 5.97 Å². The van der Waals surface area contributed by atoms with E-state index in [0.717, 1.165) is 0 Å². The number of ether oxygens (including phenoxy) is 2. The largest absolute Gasteiger partial charge is 0.493 e. The van der Waals surface area contributed by atoms with Crippen molar-refractivity contribution >= 4 is 5.97 Å². The van der Waals surface area contributed by atoms with Crippen LogP contribution in [0.1, 0.15) is 27.4 Å². The molecule has 0 unspecified atom stereocenters. The second kappa shape index (κ2) is 6.32. The standard InChI is InChI=1S/C15H16O6/c1-9-5-11(21-14(9)15(17)18)8-20-12-4-3-10(7-16)6-13(12)19-2/h3-6,16H,7-8H2,1-2H3,(H,17,18). The molecule has 1 aromatic heterocycles. The maximum Gasteiger partial charge on any atom is 0.372 e. The normalized spacial score (nSPS) is 10.4. The molecule has 0 saturated carbocycles. The van der Waals surface area contributed by atoms with E-state index in [1.165, 1.54) is 7.11 Å². The summed E-state index contributed by atoms with van der Waals surface area (Å²) in [6.07, 6.45) is 0. The molecular formula is C15H16O6. The van der Waals surface area contributed by atoms with E-state index in [-0.39, 0.29) is 19.0 Å². The third-order valence-electron chi connectivity index (χ3n) is 2.94. The van der Waals surface area contributed by atoms with Gasteiger partial charge in [-0.25, -0.2) is 4.79 Å². The van der Waals surface area contributed by atoms with Gasteiger partial charge in [0.05, 0.1) is 13.7 Å². The second-order valence-electron chi connectivity index (χ2n) is 4.46. The van der Waals surface area contributed by atoms with Gasteiger partial charge in [0.25, 0.3) is 0 Å². The van der Waals surface area contributed by atoms with E-state index in [1.54, 1.807) is 31.2 Å². The van der Waals surface area contributed by atoms with Crippen LogP contribution in [0, 0.1) is 6.92 Å². The van der Waals surface area contributed by atoms with Gasteiger partial charge in [-0.1, -0.05) is 6.07 Å². The van der Waals surface area contributed by atoms with Crippen LogP contribution >= 0.6 is 0 Å². The molecule has 0 bridgehead atoms. The number of hydrogen-bond donors (Lipinski definition) is 2. The third-order valence-corrected chi connectivity index (χ3v) is 2.94. The molecule has 1 aromatic carbocycles. The number of hydrogen-bond acceptors (Lipinski definition) is 5. The lowest BCUT2D eigenvalue weighted by Gasteiger charge is -2.10. The Bertz CT molecular complexity index is 644. The number of aliphatic hydroxyl groups is 1. The summed E-state index contributed by atoms with van der Waals surface area (Å²) in [6.45, 7) is 1.66. The van der Waals surface area contributed by atoms with Gasteiger partial charge in [-0.15, -0.1) is 0 Å². The fourth-order valence-corrected chi connectivity index (χ4v) is 1.91. The molecule has 0 saturated heterocycles. The van der Waals surface area contributed by atoms with Crippen molar-refractivity contribution in [3.05, 3.63) is 46.9 Å². The van der Waals surface area contributed by atoms with Gasteiger partial charge in [-0.3, -0.25) is 0 Å². The van der Waals surface area contributed by atoms with Crippen LogP contribution in [-0.2, 0) is 13.2 Å². The fourth-order valence-electron chi connectivity index (χ4n) is 1.91. The van der Waals surface area contributed by atoms with Crippen LogP contribution in [0.5, 0.6) is 11.5 Å². The molecule has 0 aliphatic rings. The van der Waals surface area contributed by atoms with E-state index in [9.17, 15) is 4.79 Å². The average Bonchev–Trinajstić information content (AvgIpc) is 2.86. The van der Waals surface area contributed by atoms with Gasteiger partial charge in [-0.05, 0) is 30.7 Å². The van der Waals surface area contributed by atoms with Gasteiger partial charge in [0, 0.05) is 5.56 Å². The van der Waals surface area contributed by atoms with Gasteiger partial charge in [0.15, 0.2) is 11.5 Å². The molecule has 112 valence electrons. The van der Waals surface area contributed by atoms with Crippen molar-refractivity contribution in [3.63, 3.8) is 0 Å². The average molecular weight is 292 g/mol. The Morgan fingerprint density at radius 2 is 2.05 bits per heavy atom. The fraction of sp³-hybridized carbons (Fsp3) is 0.267.